The lowest BCUT2D eigenvalue weighted by atomic mass is 10.1. The van der Waals surface area contributed by atoms with Crippen LogP contribution in [0.15, 0.2) is 36.4 Å². The second kappa shape index (κ2) is 6.14. The maximum Gasteiger partial charge on any atom is 0.254 e. The minimum atomic E-state index is -0.511. The maximum absolute atomic E-state index is 13.7. The second-order valence-electron chi connectivity index (χ2n) is 5.21. The molecule has 0 saturated heterocycles. The number of imidazole rings is 1. The van der Waals surface area contributed by atoms with Crippen LogP contribution in [0.4, 0.5) is 4.39 Å². The van der Waals surface area contributed by atoms with E-state index < -0.39 is 11.7 Å². The zero-order valence-electron chi connectivity index (χ0n) is 12.1. The normalized spacial score (nSPS) is 12.3. The highest BCUT2D eigenvalue weighted by molar-refractivity contribution is 7.71. The summed E-state index contributed by atoms with van der Waals surface area (Å²) >= 11 is 11.0. The zero-order valence-corrected chi connectivity index (χ0v) is 13.7. The fourth-order valence-electron chi connectivity index (χ4n) is 2.42. The number of carbonyl (C=O) groups is 1. The van der Waals surface area contributed by atoms with Crippen molar-refractivity contribution in [1.29, 1.82) is 0 Å². The van der Waals surface area contributed by atoms with Gasteiger partial charge in [0.05, 0.1) is 22.6 Å². The molecule has 1 aromatic heterocycles. The first-order valence-electron chi connectivity index (χ1n) is 6.92. The summed E-state index contributed by atoms with van der Waals surface area (Å²) in [6.07, 6.45) is 0. The predicted octanol–water partition coefficient (Wildman–Crippen LogP) is 4.51. The van der Waals surface area contributed by atoms with Gasteiger partial charge >= 0.3 is 0 Å². The van der Waals surface area contributed by atoms with E-state index in [9.17, 15) is 9.18 Å². The van der Waals surface area contributed by atoms with Crippen molar-refractivity contribution in [1.82, 2.24) is 15.3 Å². The lowest BCUT2D eigenvalue weighted by Gasteiger charge is -2.15. The Morgan fingerprint density at radius 1 is 1.30 bits per heavy atom. The fourth-order valence-corrected chi connectivity index (χ4v) is 2.83. The molecule has 3 N–H and O–H groups in total. The summed E-state index contributed by atoms with van der Waals surface area (Å²) in [7, 11) is 0. The van der Waals surface area contributed by atoms with Crippen LogP contribution in [0.25, 0.3) is 11.0 Å². The number of hydrogen-bond acceptors (Lipinski definition) is 2. The summed E-state index contributed by atoms with van der Waals surface area (Å²) < 4.78 is 14.1. The second-order valence-corrected chi connectivity index (χ2v) is 6.05. The van der Waals surface area contributed by atoms with E-state index in [1.54, 1.807) is 12.1 Å². The molecule has 23 heavy (non-hydrogen) atoms. The van der Waals surface area contributed by atoms with E-state index in [0.717, 1.165) is 5.56 Å². The molecule has 1 amide bonds. The van der Waals surface area contributed by atoms with Gasteiger partial charge in [-0.1, -0.05) is 23.7 Å². The van der Waals surface area contributed by atoms with Crippen molar-refractivity contribution in [3.63, 3.8) is 0 Å². The Kier molecular flexibility index (Phi) is 4.19. The number of fused-ring (bicyclic) bond motifs is 1. The molecule has 1 atom stereocenters. The predicted molar refractivity (Wildman–Crippen MR) is 90.8 cm³/mol. The number of halogens is 2. The van der Waals surface area contributed by atoms with E-state index in [2.05, 4.69) is 15.3 Å². The first-order valence-corrected chi connectivity index (χ1v) is 7.70. The number of benzene rings is 2. The third-order valence-electron chi connectivity index (χ3n) is 3.53. The fraction of sp³-hybridized carbons (Fsp3) is 0.125. The van der Waals surface area contributed by atoms with Crippen LogP contribution in [0, 0.1) is 10.6 Å². The summed E-state index contributed by atoms with van der Waals surface area (Å²) in [6.45, 7) is 1.83. The molecule has 3 rings (SSSR count). The SMILES string of the molecule is CC(NC(=O)c1cc(F)cc2[nH]c(=S)[nH]c12)c1cccc(Cl)c1. The van der Waals surface area contributed by atoms with Gasteiger partial charge in [-0.2, -0.15) is 0 Å². The molecule has 0 aliphatic rings. The third kappa shape index (κ3) is 3.28. The van der Waals surface area contributed by atoms with Gasteiger partial charge in [0.25, 0.3) is 5.91 Å². The highest BCUT2D eigenvalue weighted by atomic mass is 35.5. The highest BCUT2D eigenvalue weighted by Crippen LogP contribution is 2.21. The lowest BCUT2D eigenvalue weighted by molar-refractivity contribution is 0.0941. The van der Waals surface area contributed by atoms with Gasteiger partial charge in [0, 0.05) is 5.02 Å². The Morgan fingerprint density at radius 3 is 2.83 bits per heavy atom. The topological polar surface area (TPSA) is 60.7 Å². The van der Waals surface area contributed by atoms with Crippen LogP contribution in [0.3, 0.4) is 0 Å². The van der Waals surface area contributed by atoms with Crippen molar-refractivity contribution in [3.8, 4) is 0 Å². The van der Waals surface area contributed by atoms with Crippen LogP contribution in [0.1, 0.15) is 28.9 Å². The first-order chi connectivity index (χ1) is 10.9. The molecule has 118 valence electrons. The summed E-state index contributed by atoms with van der Waals surface area (Å²) in [5, 5.41) is 3.43. The molecule has 0 aliphatic carbocycles. The molecule has 1 heterocycles. The molecule has 1 unspecified atom stereocenters. The minimum Gasteiger partial charge on any atom is -0.345 e. The van der Waals surface area contributed by atoms with Crippen molar-refractivity contribution in [2.24, 2.45) is 0 Å². The largest absolute Gasteiger partial charge is 0.345 e. The molecule has 4 nitrogen and oxygen atoms in total. The van der Waals surface area contributed by atoms with Gasteiger partial charge in [0.1, 0.15) is 5.82 Å². The number of H-pyrrole nitrogens is 2. The van der Waals surface area contributed by atoms with E-state index in [-0.39, 0.29) is 11.6 Å². The maximum atomic E-state index is 13.7. The molecule has 7 heteroatoms. The highest BCUT2D eigenvalue weighted by Gasteiger charge is 2.17. The molecule has 3 aromatic rings. The number of aromatic amines is 2. The molecule has 0 radical (unpaired) electrons. The van der Waals surface area contributed by atoms with Gasteiger partial charge in [-0.25, -0.2) is 4.39 Å². The quantitative estimate of drug-likeness (QED) is 0.609. The Balaban J connectivity index is 1.93. The summed E-state index contributed by atoms with van der Waals surface area (Å²) in [4.78, 5) is 18.2. The molecule has 2 aromatic carbocycles. The average molecular weight is 350 g/mol. The lowest BCUT2D eigenvalue weighted by Crippen LogP contribution is -2.27. The van der Waals surface area contributed by atoms with Crippen LogP contribution in [0.5, 0.6) is 0 Å². The number of nitrogens with one attached hydrogen (secondary N) is 3. The van der Waals surface area contributed by atoms with Gasteiger partial charge in [0.2, 0.25) is 0 Å². The summed E-state index contributed by atoms with van der Waals surface area (Å²) in [5.41, 5.74) is 1.99. The number of hydrogen-bond donors (Lipinski definition) is 3. The molecular formula is C16H13ClFN3OS. The number of aromatic nitrogens is 2. The van der Waals surface area contributed by atoms with E-state index in [4.69, 9.17) is 23.8 Å². The van der Waals surface area contributed by atoms with Crippen molar-refractivity contribution in [2.75, 3.05) is 0 Å². The number of rotatable bonds is 3. The summed E-state index contributed by atoms with van der Waals surface area (Å²) in [6, 6.07) is 9.40. The Bertz CT molecular complexity index is 950. The van der Waals surface area contributed by atoms with Gasteiger partial charge in [-0.05, 0) is 49.0 Å². The van der Waals surface area contributed by atoms with Crippen LogP contribution in [-0.2, 0) is 0 Å². The Morgan fingerprint density at radius 2 is 2.09 bits per heavy atom. The Labute approximate surface area is 141 Å². The smallest absolute Gasteiger partial charge is 0.254 e. The van der Waals surface area contributed by atoms with Gasteiger partial charge in [-0.15, -0.1) is 0 Å². The van der Waals surface area contributed by atoms with Crippen LogP contribution in [-0.4, -0.2) is 15.9 Å². The van der Waals surface area contributed by atoms with Crippen LogP contribution < -0.4 is 5.32 Å². The van der Waals surface area contributed by atoms with E-state index in [1.807, 2.05) is 19.1 Å². The van der Waals surface area contributed by atoms with E-state index >= 15 is 0 Å². The van der Waals surface area contributed by atoms with E-state index in [0.29, 0.717) is 20.8 Å². The Hall–Kier alpha value is -2.18. The van der Waals surface area contributed by atoms with Crippen molar-refractivity contribution in [2.45, 2.75) is 13.0 Å². The van der Waals surface area contributed by atoms with E-state index in [1.165, 1.54) is 12.1 Å². The minimum absolute atomic E-state index is 0.196. The first kappa shape index (κ1) is 15.7. The monoisotopic (exact) mass is 349 g/mol. The molecule has 0 fully saturated rings. The molecular weight excluding hydrogens is 337 g/mol. The third-order valence-corrected chi connectivity index (χ3v) is 3.97. The molecule has 0 spiro atoms. The number of carbonyl (C=O) groups excluding carboxylic acids is 1. The average Bonchev–Trinajstić information content (AvgIpc) is 2.86. The van der Waals surface area contributed by atoms with Gasteiger partial charge in [0.15, 0.2) is 4.77 Å². The molecule has 0 saturated carbocycles. The standard InChI is InChI=1S/C16H13ClFN3OS/c1-8(9-3-2-4-10(17)5-9)19-15(22)12-6-11(18)7-13-14(12)21-16(23)20-13/h2-8H,1H3,(H,19,22)(H2,20,21,23). The van der Waals surface area contributed by atoms with Crippen molar-refractivity contribution < 1.29 is 9.18 Å². The number of amides is 1. The summed E-state index contributed by atoms with van der Waals surface area (Å²) in [5.74, 6) is -0.907. The van der Waals surface area contributed by atoms with Crippen LogP contribution in [0.2, 0.25) is 5.02 Å². The van der Waals surface area contributed by atoms with Crippen LogP contribution >= 0.6 is 23.8 Å². The van der Waals surface area contributed by atoms with Gasteiger partial charge < -0.3 is 15.3 Å². The van der Waals surface area contributed by atoms with Crippen molar-refractivity contribution >= 4 is 40.8 Å². The van der Waals surface area contributed by atoms with Crippen molar-refractivity contribution in [3.05, 3.63) is 63.1 Å². The van der Waals surface area contributed by atoms with Gasteiger partial charge in [-0.3, -0.25) is 4.79 Å². The molecule has 0 aliphatic heterocycles. The zero-order chi connectivity index (χ0) is 16.6. The molecule has 0 bridgehead atoms.